The molecule has 0 fully saturated rings. The molecule has 1 heterocycles. The van der Waals surface area contributed by atoms with Crippen LogP contribution in [0.15, 0.2) is 30.3 Å². The van der Waals surface area contributed by atoms with E-state index in [1.807, 2.05) is 25.1 Å². The highest BCUT2D eigenvalue weighted by Gasteiger charge is 2.22. The van der Waals surface area contributed by atoms with Crippen molar-refractivity contribution in [3.8, 4) is 11.5 Å². The molecule has 0 saturated carbocycles. The molecule has 3 rings (SSSR count). The summed E-state index contributed by atoms with van der Waals surface area (Å²) < 4.78 is 51.8. The van der Waals surface area contributed by atoms with Crippen LogP contribution in [0.2, 0.25) is 0 Å². The Hall–Kier alpha value is -2.74. The fourth-order valence-corrected chi connectivity index (χ4v) is 3.43. The van der Waals surface area contributed by atoms with E-state index in [-0.39, 0.29) is 6.10 Å². The van der Waals surface area contributed by atoms with E-state index in [4.69, 9.17) is 9.47 Å². The predicted octanol–water partition coefficient (Wildman–Crippen LogP) is 3.44. The molecule has 1 amide bonds. The molecule has 8 heteroatoms. The summed E-state index contributed by atoms with van der Waals surface area (Å²) in [6, 6.07) is 6.82. The largest absolute Gasteiger partial charge is 0.497 e. The van der Waals surface area contributed by atoms with Gasteiger partial charge < -0.3 is 14.8 Å². The van der Waals surface area contributed by atoms with Crippen molar-refractivity contribution in [1.82, 2.24) is 10.2 Å². The molecular formula is C22H25F3N2O3. The van der Waals surface area contributed by atoms with Gasteiger partial charge in [-0.15, -0.1) is 0 Å². The molecule has 2 aromatic rings. The molecule has 0 unspecified atom stereocenters. The number of ether oxygens (including phenoxy) is 2. The lowest BCUT2D eigenvalue weighted by atomic mass is 10.1. The number of nitrogens with one attached hydrogen (secondary N) is 1. The van der Waals surface area contributed by atoms with Crippen molar-refractivity contribution in [3.63, 3.8) is 0 Å². The van der Waals surface area contributed by atoms with E-state index in [9.17, 15) is 18.0 Å². The van der Waals surface area contributed by atoms with Crippen LogP contribution in [0.3, 0.4) is 0 Å². The van der Waals surface area contributed by atoms with Gasteiger partial charge in [-0.25, -0.2) is 13.2 Å². The molecule has 0 radical (unpaired) electrons. The van der Waals surface area contributed by atoms with Crippen molar-refractivity contribution < 1.29 is 27.4 Å². The van der Waals surface area contributed by atoms with Gasteiger partial charge in [0, 0.05) is 49.4 Å². The second kappa shape index (κ2) is 9.84. The highest BCUT2D eigenvalue weighted by atomic mass is 19.1. The van der Waals surface area contributed by atoms with Gasteiger partial charge in [-0.3, -0.25) is 9.69 Å². The minimum atomic E-state index is -1.07. The fraction of sp³-hybridized carbons (Fsp3) is 0.409. The Kier molecular flexibility index (Phi) is 7.20. The number of rotatable bonds is 7. The first-order valence-electron chi connectivity index (χ1n) is 9.85. The lowest BCUT2D eigenvalue weighted by Gasteiger charge is -2.23. The molecule has 30 heavy (non-hydrogen) atoms. The van der Waals surface area contributed by atoms with E-state index in [2.05, 4.69) is 10.2 Å². The molecule has 0 saturated heterocycles. The molecular weight excluding hydrogens is 397 g/mol. The van der Waals surface area contributed by atoms with Crippen LogP contribution in [-0.4, -0.2) is 43.7 Å². The maximum Gasteiger partial charge on any atom is 0.224 e. The van der Waals surface area contributed by atoms with Gasteiger partial charge in [-0.1, -0.05) is 6.92 Å². The topological polar surface area (TPSA) is 50.8 Å². The van der Waals surface area contributed by atoms with Gasteiger partial charge in [0.15, 0.2) is 0 Å². The predicted molar refractivity (Wildman–Crippen MR) is 106 cm³/mol. The number of methoxy groups -OCH3 is 1. The van der Waals surface area contributed by atoms with Gasteiger partial charge in [-0.05, 0) is 24.6 Å². The Morgan fingerprint density at radius 2 is 1.97 bits per heavy atom. The third-order valence-corrected chi connectivity index (χ3v) is 5.07. The number of hydrogen-bond donors (Lipinski definition) is 1. The number of benzene rings is 2. The maximum atomic E-state index is 13.7. The van der Waals surface area contributed by atoms with Crippen molar-refractivity contribution in [2.75, 3.05) is 26.7 Å². The molecule has 0 spiro atoms. The number of nitrogens with zero attached hydrogens (tertiary/aromatic N) is 1. The van der Waals surface area contributed by atoms with Gasteiger partial charge in [0.05, 0.1) is 13.5 Å². The Labute approximate surface area is 173 Å². The van der Waals surface area contributed by atoms with Crippen LogP contribution in [-0.2, 0) is 17.8 Å². The highest BCUT2D eigenvalue weighted by molar-refractivity contribution is 5.78. The van der Waals surface area contributed by atoms with Crippen LogP contribution in [0.4, 0.5) is 13.2 Å². The number of halogens is 3. The number of carbonyl (C=O) groups excluding carboxylic acids is 1. The summed E-state index contributed by atoms with van der Waals surface area (Å²) in [4.78, 5) is 14.3. The van der Waals surface area contributed by atoms with Crippen molar-refractivity contribution in [2.45, 2.75) is 32.4 Å². The van der Waals surface area contributed by atoms with Crippen molar-refractivity contribution >= 4 is 5.91 Å². The monoisotopic (exact) mass is 422 g/mol. The Morgan fingerprint density at radius 1 is 1.23 bits per heavy atom. The molecule has 2 aromatic carbocycles. The standard InChI is InChI=1S/C22H25F3N2O3/c1-3-16-13-27(12-14-8-17(29-2)4-5-21(14)30-16)7-6-26-22(28)11-18-19(24)9-15(23)10-20(18)25/h4-5,8-10,16H,3,6-7,11-13H2,1-2H3,(H,26,28)/t16-/m0/s1. The lowest BCUT2D eigenvalue weighted by Crippen LogP contribution is -2.39. The summed E-state index contributed by atoms with van der Waals surface area (Å²) in [5, 5.41) is 2.67. The van der Waals surface area contributed by atoms with Gasteiger partial charge in [0.25, 0.3) is 0 Å². The molecule has 1 atom stereocenters. The first kappa shape index (κ1) is 22.0. The van der Waals surface area contributed by atoms with Crippen molar-refractivity contribution in [3.05, 3.63) is 58.9 Å². The van der Waals surface area contributed by atoms with Gasteiger partial charge >= 0.3 is 0 Å². The number of amides is 1. The summed E-state index contributed by atoms with van der Waals surface area (Å²) in [6.45, 7) is 4.20. The summed E-state index contributed by atoms with van der Waals surface area (Å²) in [5.41, 5.74) is 0.552. The molecule has 1 aliphatic rings. The third kappa shape index (κ3) is 5.44. The zero-order valence-electron chi connectivity index (χ0n) is 17.0. The summed E-state index contributed by atoms with van der Waals surface area (Å²) >= 11 is 0. The first-order chi connectivity index (χ1) is 14.4. The normalized spacial score (nSPS) is 16.4. The van der Waals surface area contributed by atoms with Crippen molar-refractivity contribution in [1.29, 1.82) is 0 Å². The molecule has 162 valence electrons. The van der Waals surface area contributed by atoms with Crippen molar-refractivity contribution in [2.24, 2.45) is 0 Å². The smallest absolute Gasteiger partial charge is 0.224 e. The molecule has 0 bridgehead atoms. The molecule has 0 aliphatic carbocycles. The first-order valence-corrected chi connectivity index (χ1v) is 9.85. The van der Waals surface area contributed by atoms with Gasteiger partial charge in [0.2, 0.25) is 5.91 Å². The fourth-order valence-electron chi connectivity index (χ4n) is 3.43. The Balaban J connectivity index is 1.58. The van der Waals surface area contributed by atoms with Crippen LogP contribution in [0.25, 0.3) is 0 Å². The third-order valence-electron chi connectivity index (χ3n) is 5.07. The van der Waals surface area contributed by atoms with E-state index in [1.54, 1.807) is 7.11 Å². The van der Waals surface area contributed by atoms with Crippen LogP contribution in [0.1, 0.15) is 24.5 Å². The van der Waals surface area contributed by atoms with E-state index in [0.29, 0.717) is 38.3 Å². The summed E-state index contributed by atoms with van der Waals surface area (Å²) in [6.07, 6.45) is 0.355. The van der Waals surface area contributed by atoms with E-state index in [1.165, 1.54) is 0 Å². The second-order valence-corrected chi connectivity index (χ2v) is 7.23. The minimum absolute atomic E-state index is 0.0118. The Bertz CT molecular complexity index is 884. The molecule has 5 nitrogen and oxygen atoms in total. The van der Waals surface area contributed by atoms with Crippen LogP contribution < -0.4 is 14.8 Å². The Morgan fingerprint density at radius 3 is 2.63 bits per heavy atom. The van der Waals surface area contributed by atoms with Gasteiger partial charge in [-0.2, -0.15) is 0 Å². The zero-order valence-corrected chi connectivity index (χ0v) is 17.0. The van der Waals surface area contributed by atoms with E-state index in [0.717, 1.165) is 23.5 Å². The zero-order chi connectivity index (χ0) is 21.7. The minimum Gasteiger partial charge on any atom is -0.497 e. The quantitative estimate of drug-likeness (QED) is 0.743. The van der Waals surface area contributed by atoms with Gasteiger partial charge in [0.1, 0.15) is 35.1 Å². The summed E-state index contributed by atoms with van der Waals surface area (Å²) in [7, 11) is 1.61. The average molecular weight is 422 g/mol. The number of carbonyl (C=O) groups is 1. The van der Waals surface area contributed by atoms with Crippen LogP contribution >= 0.6 is 0 Å². The average Bonchev–Trinajstić information content (AvgIpc) is 2.88. The van der Waals surface area contributed by atoms with Crippen LogP contribution in [0.5, 0.6) is 11.5 Å². The summed E-state index contributed by atoms with van der Waals surface area (Å²) in [5.74, 6) is -2.12. The SMILES string of the molecule is CC[C@H]1CN(CCNC(=O)Cc2c(F)cc(F)cc2F)Cc2cc(OC)ccc2O1. The highest BCUT2D eigenvalue weighted by Crippen LogP contribution is 2.29. The second-order valence-electron chi connectivity index (χ2n) is 7.23. The maximum absolute atomic E-state index is 13.7. The van der Waals surface area contributed by atoms with E-state index < -0.39 is 35.3 Å². The lowest BCUT2D eigenvalue weighted by molar-refractivity contribution is -0.120. The molecule has 1 aliphatic heterocycles. The van der Waals surface area contributed by atoms with Crippen LogP contribution in [0, 0.1) is 17.5 Å². The molecule has 1 N–H and O–H groups in total. The number of fused-ring (bicyclic) bond motifs is 1. The number of hydrogen-bond acceptors (Lipinski definition) is 4. The van der Waals surface area contributed by atoms with E-state index >= 15 is 0 Å². The molecule has 0 aromatic heterocycles.